The van der Waals surface area contributed by atoms with Crippen LogP contribution in [0.2, 0.25) is 0 Å². The monoisotopic (exact) mass is 237 g/mol. The summed E-state index contributed by atoms with van der Waals surface area (Å²) in [6.07, 6.45) is 0. The molecule has 0 aromatic heterocycles. The average molecular weight is 237 g/mol. The number of hydrogen-bond donors (Lipinski definition) is 4. The van der Waals surface area contributed by atoms with Crippen molar-refractivity contribution in [3.8, 4) is 5.75 Å². The fraction of sp³-hybridized carbons (Fsp3) is 0.273. The molecule has 0 aliphatic heterocycles. The van der Waals surface area contributed by atoms with E-state index in [4.69, 9.17) is 5.73 Å². The number of phenols is 1. The minimum Gasteiger partial charge on any atom is -0.508 e. The molecule has 0 unspecified atom stereocenters. The molecule has 0 spiro atoms. The van der Waals surface area contributed by atoms with E-state index < -0.39 is 0 Å². The van der Waals surface area contributed by atoms with Gasteiger partial charge in [-0.2, -0.15) is 0 Å². The number of amides is 2. The summed E-state index contributed by atoms with van der Waals surface area (Å²) in [6, 6.07) is 4.16. The average Bonchev–Trinajstić information content (AvgIpc) is 2.27. The first-order valence-corrected chi connectivity index (χ1v) is 5.12. The van der Waals surface area contributed by atoms with E-state index in [9.17, 15) is 14.7 Å². The highest BCUT2D eigenvalue weighted by atomic mass is 16.3. The van der Waals surface area contributed by atoms with Crippen molar-refractivity contribution in [3.05, 3.63) is 23.8 Å². The minimum atomic E-state index is -0.385. The molecule has 0 fully saturated rings. The lowest BCUT2D eigenvalue weighted by Crippen LogP contribution is -2.33. The van der Waals surface area contributed by atoms with E-state index in [0.717, 1.165) is 0 Å². The molecule has 0 atom stereocenters. The number of anilines is 1. The summed E-state index contributed by atoms with van der Waals surface area (Å²) >= 11 is 0. The number of carbonyl (C=O) groups is 2. The van der Waals surface area contributed by atoms with E-state index in [-0.39, 0.29) is 23.1 Å². The zero-order valence-corrected chi connectivity index (χ0v) is 9.49. The molecule has 92 valence electrons. The third kappa shape index (κ3) is 4.02. The molecule has 0 saturated carbocycles. The van der Waals surface area contributed by atoms with Crippen LogP contribution in [0.3, 0.4) is 0 Å². The Balaban J connectivity index is 2.52. The highest BCUT2D eigenvalue weighted by molar-refractivity contribution is 5.99. The summed E-state index contributed by atoms with van der Waals surface area (Å²) < 4.78 is 0. The van der Waals surface area contributed by atoms with Gasteiger partial charge in [0, 0.05) is 25.7 Å². The lowest BCUT2D eigenvalue weighted by molar-refractivity contribution is -0.118. The summed E-state index contributed by atoms with van der Waals surface area (Å²) in [5.74, 6) is -0.564. The number of rotatable bonds is 4. The molecule has 0 bridgehead atoms. The molecule has 6 heteroatoms. The Bertz CT molecular complexity index is 432. The van der Waals surface area contributed by atoms with Crippen molar-refractivity contribution in [2.45, 2.75) is 6.92 Å². The number of phenolic OH excluding ortho intramolecular Hbond substituents is 1. The number of nitrogen functional groups attached to an aromatic ring is 1. The maximum absolute atomic E-state index is 11.6. The number of nitrogens with two attached hydrogens (primary N) is 1. The van der Waals surface area contributed by atoms with Crippen LogP contribution in [0.5, 0.6) is 5.75 Å². The molecular formula is C11H15N3O3. The first-order valence-electron chi connectivity index (χ1n) is 5.12. The summed E-state index contributed by atoms with van der Waals surface area (Å²) in [5.41, 5.74) is 6.11. The van der Waals surface area contributed by atoms with Crippen LogP contribution in [-0.4, -0.2) is 30.0 Å². The zero-order valence-electron chi connectivity index (χ0n) is 9.49. The molecule has 1 aromatic carbocycles. The van der Waals surface area contributed by atoms with E-state index in [1.807, 2.05) is 0 Å². The molecule has 0 saturated heterocycles. The highest BCUT2D eigenvalue weighted by Crippen LogP contribution is 2.17. The molecular weight excluding hydrogens is 222 g/mol. The van der Waals surface area contributed by atoms with Crippen LogP contribution in [0.1, 0.15) is 17.3 Å². The molecule has 1 aromatic rings. The molecule has 0 aliphatic carbocycles. The minimum absolute atomic E-state index is 0.0220. The first kappa shape index (κ1) is 12.8. The number of nitrogens with one attached hydrogen (secondary N) is 2. The summed E-state index contributed by atoms with van der Waals surface area (Å²) in [7, 11) is 0. The van der Waals surface area contributed by atoms with Gasteiger partial charge in [0.05, 0.1) is 5.56 Å². The molecule has 6 nitrogen and oxygen atoms in total. The van der Waals surface area contributed by atoms with Gasteiger partial charge in [0.2, 0.25) is 5.91 Å². The van der Waals surface area contributed by atoms with Gasteiger partial charge >= 0.3 is 0 Å². The van der Waals surface area contributed by atoms with Crippen molar-refractivity contribution >= 4 is 17.5 Å². The number of hydrogen-bond acceptors (Lipinski definition) is 4. The second-order valence-corrected chi connectivity index (χ2v) is 3.51. The van der Waals surface area contributed by atoms with Crippen LogP contribution in [0, 0.1) is 0 Å². The van der Waals surface area contributed by atoms with Crippen molar-refractivity contribution in [2.24, 2.45) is 0 Å². The molecule has 17 heavy (non-hydrogen) atoms. The van der Waals surface area contributed by atoms with Gasteiger partial charge in [-0.05, 0) is 18.2 Å². The molecule has 5 N–H and O–H groups in total. The first-order chi connectivity index (χ1) is 8.00. The van der Waals surface area contributed by atoms with Gasteiger partial charge < -0.3 is 21.5 Å². The SMILES string of the molecule is CC(=O)NCCNC(=O)c1cc(O)ccc1N. The fourth-order valence-electron chi connectivity index (χ4n) is 1.25. The maximum atomic E-state index is 11.6. The Morgan fingerprint density at radius 2 is 1.94 bits per heavy atom. The van der Waals surface area contributed by atoms with E-state index >= 15 is 0 Å². The van der Waals surface area contributed by atoms with Gasteiger partial charge in [-0.3, -0.25) is 9.59 Å². The molecule has 0 aliphatic rings. The van der Waals surface area contributed by atoms with Gasteiger partial charge in [0.15, 0.2) is 0 Å². The highest BCUT2D eigenvalue weighted by Gasteiger charge is 2.09. The van der Waals surface area contributed by atoms with Crippen LogP contribution >= 0.6 is 0 Å². The second-order valence-electron chi connectivity index (χ2n) is 3.51. The molecule has 1 rings (SSSR count). The zero-order chi connectivity index (χ0) is 12.8. The van der Waals surface area contributed by atoms with Crippen molar-refractivity contribution in [1.82, 2.24) is 10.6 Å². The van der Waals surface area contributed by atoms with Gasteiger partial charge in [-0.1, -0.05) is 0 Å². The van der Waals surface area contributed by atoms with Crippen LogP contribution < -0.4 is 16.4 Å². The Labute approximate surface area is 98.8 Å². The predicted octanol–water partition coefficient (Wildman–Crippen LogP) is -0.160. The maximum Gasteiger partial charge on any atom is 0.253 e. The van der Waals surface area contributed by atoms with Gasteiger partial charge in [-0.25, -0.2) is 0 Å². The number of aromatic hydroxyl groups is 1. The number of carbonyl (C=O) groups excluding carboxylic acids is 2. The van der Waals surface area contributed by atoms with Crippen LogP contribution in [0.25, 0.3) is 0 Å². The third-order valence-corrected chi connectivity index (χ3v) is 2.07. The van der Waals surface area contributed by atoms with Crippen molar-refractivity contribution < 1.29 is 14.7 Å². The summed E-state index contributed by atoms with van der Waals surface area (Å²) in [4.78, 5) is 22.2. The normalized spacial score (nSPS) is 9.71. The molecule has 0 heterocycles. The lowest BCUT2D eigenvalue weighted by atomic mass is 10.1. The van der Waals surface area contributed by atoms with Gasteiger partial charge in [-0.15, -0.1) is 0 Å². The number of benzene rings is 1. The van der Waals surface area contributed by atoms with Crippen LogP contribution in [-0.2, 0) is 4.79 Å². The smallest absolute Gasteiger partial charge is 0.253 e. The van der Waals surface area contributed by atoms with Gasteiger partial charge in [0.1, 0.15) is 5.75 Å². The fourth-order valence-corrected chi connectivity index (χ4v) is 1.25. The third-order valence-electron chi connectivity index (χ3n) is 2.07. The lowest BCUT2D eigenvalue weighted by Gasteiger charge is -2.08. The topological polar surface area (TPSA) is 104 Å². The summed E-state index contributed by atoms with van der Waals surface area (Å²) in [5, 5.41) is 14.4. The largest absolute Gasteiger partial charge is 0.508 e. The van der Waals surface area contributed by atoms with E-state index in [1.165, 1.54) is 25.1 Å². The second kappa shape index (κ2) is 5.74. The van der Waals surface area contributed by atoms with Crippen LogP contribution in [0.4, 0.5) is 5.69 Å². The Morgan fingerprint density at radius 3 is 2.59 bits per heavy atom. The van der Waals surface area contributed by atoms with Crippen molar-refractivity contribution in [3.63, 3.8) is 0 Å². The Kier molecular flexibility index (Phi) is 4.33. The Morgan fingerprint density at radius 1 is 1.29 bits per heavy atom. The predicted molar refractivity (Wildman–Crippen MR) is 63.5 cm³/mol. The summed E-state index contributed by atoms with van der Waals surface area (Å²) in [6.45, 7) is 2.04. The van der Waals surface area contributed by atoms with Crippen molar-refractivity contribution in [2.75, 3.05) is 18.8 Å². The van der Waals surface area contributed by atoms with E-state index in [2.05, 4.69) is 10.6 Å². The quantitative estimate of drug-likeness (QED) is 0.332. The van der Waals surface area contributed by atoms with E-state index in [1.54, 1.807) is 0 Å². The van der Waals surface area contributed by atoms with Crippen molar-refractivity contribution in [1.29, 1.82) is 0 Å². The molecule has 2 amide bonds. The van der Waals surface area contributed by atoms with E-state index in [0.29, 0.717) is 18.8 Å². The standard InChI is InChI=1S/C11H15N3O3/c1-7(15)13-4-5-14-11(17)9-6-8(16)2-3-10(9)12/h2-3,6,16H,4-5,12H2,1H3,(H,13,15)(H,14,17). The van der Waals surface area contributed by atoms with Crippen LogP contribution in [0.15, 0.2) is 18.2 Å². The van der Waals surface area contributed by atoms with Gasteiger partial charge in [0.25, 0.3) is 5.91 Å². The Hall–Kier alpha value is -2.24. The molecule has 0 radical (unpaired) electrons.